The summed E-state index contributed by atoms with van der Waals surface area (Å²) < 4.78 is 0. The molecular weight excluding hydrogens is 230 g/mol. The van der Waals surface area contributed by atoms with E-state index in [0.29, 0.717) is 13.0 Å². The maximum absolute atomic E-state index is 12.0. The molecule has 1 aliphatic heterocycles. The number of nitrogens with two attached hydrogens (primary N) is 1. The molecule has 1 heterocycles. The van der Waals surface area contributed by atoms with Gasteiger partial charge in [-0.15, -0.1) is 0 Å². The lowest BCUT2D eigenvalue weighted by Crippen LogP contribution is -2.30. The second kappa shape index (κ2) is 3.81. The van der Waals surface area contributed by atoms with E-state index in [9.17, 15) is 9.59 Å². The van der Waals surface area contributed by atoms with Gasteiger partial charge in [0.1, 0.15) is 0 Å². The van der Waals surface area contributed by atoms with Gasteiger partial charge in [-0.25, -0.2) is 0 Å². The minimum Gasteiger partial charge on any atom is -0.329 e. The molecule has 5 nitrogen and oxygen atoms in total. The molecule has 2 amide bonds. The van der Waals surface area contributed by atoms with E-state index >= 15 is 0 Å². The molecular formula is C13H15N3O2. The molecule has 0 bridgehead atoms. The maximum Gasteiger partial charge on any atom is 0.231 e. The first kappa shape index (κ1) is 11.2. The molecule has 0 aromatic heterocycles. The first-order chi connectivity index (χ1) is 8.63. The van der Waals surface area contributed by atoms with Crippen molar-refractivity contribution >= 4 is 23.2 Å². The van der Waals surface area contributed by atoms with E-state index in [0.717, 1.165) is 29.8 Å². The van der Waals surface area contributed by atoms with Gasteiger partial charge in [-0.2, -0.15) is 0 Å². The molecule has 1 aromatic rings. The van der Waals surface area contributed by atoms with Crippen LogP contribution in [-0.2, 0) is 16.0 Å². The van der Waals surface area contributed by atoms with Crippen molar-refractivity contribution in [2.24, 2.45) is 11.1 Å². The van der Waals surface area contributed by atoms with E-state index in [-0.39, 0.29) is 17.2 Å². The van der Waals surface area contributed by atoms with Crippen LogP contribution in [0.25, 0.3) is 0 Å². The number of amides is 2. The van der Waals surface area contributed by atoms with Crippen molar-refractivity contribution < 1.29 is 9.59 Å². The van der Waals surface area contributed by atoms with Crippen molar-refractivity contribution in [2.45, 2.75) is 19.3 Å². The highest BCUT2D eigenvalue weighted by Crippen LogP contribution is 2.45. The third-order valence-corrected chi connectivity index (χ3v) is 3.71. The van der Waals surface area contributed by atoms with Crippen LogP contribution in [0.1, 0.15) is 18.4 Å². The van der Waals surface area contributed by atoms with E-state index < -0.39 is 0 Å². The number of hydrogen-bond acceptors (Lipinski definition) is 3. The number of hydrogen-bond donors (Lipinski definition) is 3. The van der Waals surface area contributed by atoms with E-state index in [2.05, 4.69) is 10.6 Å². The van der Waals surface area contributed by atoms with Gasteiger partial charge in [0.2, 0.25) is 11.8 Å². The summed E-state index contributed by atoms with van der Waals surface area (Å²) in [7, 11) is 0. The van der Waals surface area contributed by atoms with Gasteiger partial charge in [0, 0.05) is 17.9 Å². The number of carbonyl (C=O) groups excluding carboxylic acids is 2. The molecule has 3 rings (SSSR count). The summed E-state index contributed by atoms with van der Waals surface area (Å²) in [6, 6.07) is 5.46. The van der Waals surface area contributed by atoms with Gasteiger partial charge in [-0.3, -0.25) is 9.59 Å². The molecule has 5 heteroatoms. The third-order valence-electron chi connectivity index (χ3n) is 3.71. The van der Waals surface area contributed by atoms with Crippen LogP contribution < -0.4 is 16.4 Å². The Morgan fingerprint density at radius 3 is 2.89 bits per heavy atom. The normalized spacial score (nSPS) is 19.1. The predicted octanol–water partition coefficient (Wildman–Crippen LogP) is 0.859. The van der Waals surface area contributed by atoms with E-state index in [4.69, 9.17) is 5.73 Å². The number of carbonyl (C=O) groups is 2. The van der Waals surface area contributed by atoms with Gasteiger partial charge in [0.15, 0.2) is 0 Å². The Bertz CT molecular complexity index is 535. The second-order valence-electron chi connectivity index (χ2n) is 5.04. The Morgan fingerprint density at radius 2 is 2.22 bits per heavy atom. The fourth-order valence-corrected chi connectivity index (χ4v) is 2.25. The molecule has 18 heavy (non-hydrogen) atoms. The molecule has 0 radical (unpaired) electrons. The first-order valence-electron chi connectivity index (χ1n) is 6.07. The van der Waals surface area contributed by atoms with Crippen LogP contribution in [0.2, 0.25) is 0 Å². The summed E-state index contributed by atoms with van der Waals surface area (Å²) in [5.41, 5.74) is 7.75. The van der Waals surface area contributed by atoms with Gasteiger partial charge < -0.3 is 16.4 Å². The minimum atomic E-state index is -0.354. The zero-order chi connectivity index (χ0) is 12.8. The van der Waals surface area contributed by atoms with Gasteiger partial charge in [0.05, 0.1) is 11.8 Å². The average molecular weight is 245 g/mol. The van der Waals surface area contributed by atoms with Crippen LogP contribution >= 0.6 is 0 Å². The van der Waals surface area contributed by atoms with Crippen molar-refractivity contribution in [3.05, 3.63) is 23.8 Å². The van der Waals surface area contributed by atoms with Gasteiger partial charge in [-0.1, -0.05) is 0 Å². The van der Waals surface area contributed by atoms with E-state index in [1.807, 2.05) is 12.1 Å². The molecule has 1 aromatic carbocycles. The number of fused-ring (bicyclic) bond motifs is 1. The molecule has 0 atom stereocenters. The molecule has 0 unspecified atom stereocenters. The molecule has 0 saturated heterocycles. The zero-order valence-electron chi connectivity index (χ0n) is 9.95. The van der Waals surface area contributed by atoms with Crippen molar-refractivity contribution in [1.29, 1.82) is 0 Å². The summed E-state index contributed by atoms with van der Waals surface area (Å²) in [4.78, 5) is 23.3. The zero-order valence-corrected chi connectivity index (χ0v) is 9.95. The summed E-state index contributed by atoms with van der Waals surface area (Å²) in [6.45, 7) is 0.393. The lowest BCUT2D eigenvalue weighted by Gasteiger charge is -2.13. The number of nitrogens with one attached hydrogen (secondary N) is 2. The number of anilines is 2. The Balaban J connectivity index is 1.77. The highest BCUT2D eigenvalue weighted by atomic mass is 16.2. The second-order valence-corrected chi connectivity index (χ2v) is 5.04. The van der Waals surface area contributed by atoms with Crippen LogP contribution in [0.15, 0.2) is 18.2 Å². The first-order valence-corrected chi connectivity index (χ1v) is 6.07. The van der Waals surface area contributed by atoms with Gasteiger partial charge >= 0.3 is 0 Å². The monoisotopic (exact) mass is 245 g/mol. The smallest absolute Gasteiger partial charge is 0.231 e. The van der Waals surface area contributed by atoms with Crippen molar-refractivity contribution in [1.82, 2.24) is 0 Å². The van der Waals surface area contributed by atoms with E-state index in [1.54, 1.807) is 6.07 Å². The SMILES string of the molecule is NCC1(C(=O)Nc2ccc3c(c2)CC(=O)N3)CC1. The van der Waals surface area contributed by atoms with Crippen molar-refractivity contribution in [3.63, 3.8) is 0 Å². The Kier molecular flexibility index (Phi) is 2.38. The highest BCUT2D eigenvalue weighted by Gasteiger charge is 2.48. The molecule has 94 valence electrons. The standard InChI is InChI=1S/C13H15N3O2/c14-7-13(3-4-13)12(18)15-9-1-2-10-8(5-9)6-11(17)16-10/h1-2,5H,3-4,6-7,14H2,(H,15,18)(H,16,17). The van der Waals surface area contributed by atoms with Crippen LogP contribution in [-0.4, -0.2) is 18.4 Å². The van der Waals surface area contributed by atoms with Crippen molar-refractivity contribution in [2.75, 3.05) is 17.2 Å². The van der Waals surface area contributed by atoms with Crippen LogP contribution in [0.5, 0.6) is 0 Å². The molecule has 2 aliphatic rings. The topological polar surface area (TPSA) is 84.2 Å². The van der Waals surface area contributed by atoms with Gasteiger partial charge in [0.25, 0.3) is 0 Å². The third kappa shape index (κ3) is 1.76. The molecule has 4 N–H and O–H groups in total. The van der Waals surface area contributed by atoms with Crippen LogP contribution in [0, 0.1) is 5.41 Å². The predicted molar refractivity (Wildman–Crippen MR) is 68.1 cm³/mol. The van der Waals surface area contributed by atoms with Crippen molar-refractivity contribution in [3.8, 4) is 0 Å². The quantitative estimate of drug-likeness (QED) is 0.738. The number of benzene rings is 1. The Morgan fingerprint density at radius 1 is 1.44 bits per heavy atom. The fraction of sp³-hybridized carbons (Fsp3) is 0.385. The molecule has 1 saturated carbocycles. The highest BCUT2D eigenvalue weighted by molar-refractivity contribution is 6.01. The van der Waals surface area contributed by atoms with Gasteiger partial charge in [-0.05, 0) is 36.6 Å². The average Bonchev–Trinajstić information content (AvgIpc) is 3.06. The minimum absolute atomic E-state index is 0.00546. The number of rotatable bonds is 3. The summed E-state index contributed by atoms with van der Waals surface area (Å²) >= 11 is 0. The lowest BCUT2D eigenvalue weighted by atomic mass is 10.1. The largest absolute Gasteiger partial charge is 0.329 e. The van der Waals surface area contributed by atoms with Crippen LogP contribution in [0.3, 0.4) is 0 Å². The summed E-state index contributed by atoms with van der Waals surface area (Å²) in [5.74, 6) is -0.0173. The Labute approximate surface area is 105 Å². The lowest BCUT2D eigenvalue weighted by molar-refractivity contribution is -0.120. The molecule has 1 fully saturated rings. The maximum atomic E-state index is 12.0. The van der Waals surface area contributed by atoms with E-state index in [1.165, 1.54) is 0 Å². The summed E-state index contributed by atoms with van der Waals surface area (Å²) in [5, 5.41) is 5.64. The molecule has 0 spiro atoms. The Hall–Kier alpha value is -1.88. The van der Waals surface area contributed by atoms with Crippen LogP contribution in [0.4, 0.5) is 11.4 Å². The molecule has 1 aliphatic carbocycles. The fourth-order valence-electron chi connectivity index (χ4n) is 2.25. The summed E-state index contributed by atoms with van der Waals surface area (Å²) in [6.07, 6.45) is 2.10.